The van der Waals surface area contributed by atoms with Crippen molar-refractivity contribution >= 4 is 14.2 Å². The van der Waals surface area contributed by atoms with Crippen molar-refractivity contribution in [2.45, 2.75) is 96.1 Å². The average Bonchev–Trinajstić information content (AvgIpc) is 2.91. The maximum Gasteiger partial charge on any atom is 0.459 e. The summed E-state index contributed by atoms with van der Waals surface area (Å²) in [6.45, 7) is 15.7. The summed E-state index contributed by atoms with van der Waals surface area (Å²) in [5.41, 5.74) is -2.46. The van der Waals surface area contributed by atoms with Crippen LogP contribution in [0.15, 0.2) is 24.3 Å². The highest BCUT2D eigenvalue weighted by Crippen LogP contribution is 2.46. The van der Waals surface area contributed by atoms with Crippen LogP contribution in [-0.2, 0) is 31.2 Å². The third-order valence-electron chi connectivity index (χ3n) is 6.99. The van der Waals surface area contributed by atoms with Crippen molar-refractivity contribution in [1.29, 1.82) is 0 Å². The van der Waals surface area contributed by atoms with E-state index < -0.39 is 48.4 Å². The Morgan fingerprint density at radius 2 is 1.03 bits per heavy atom. The molecule has 0 saturated carbocycles. The van der Waals surface area contributed by atoms with Crippen LogP contribution in [0.4, 0.5) is 13.2 Å². The van der Waals surface area contributed by atoms with Crippen molar-refractivity contribution < 1.29 is 31.8 Å². The molecular weight excluding hydrogens is 395 g/mol. The Labute approximate surface area is 178 Å². The zero-order valence-electron chi connectivity index (χ0n) is 19.0. The molecule has 0 amide bonds. The lowest BCUT2D eigenvalue weighted by Crippen LogP contribution is -2.41. The van der Waals surface area contributed by atoms with E-state index in [0.717, 1.165) is 17.7 Å². The highest BCUT2D eigenvalue weighted by Gasteiger charge is 2.61. The standard InChI is InChI=1S/C21H31B2F3O4/c1-17(2)18(3,4)28-22(27-17)16(23-29-19(5,6)20(7,8)30-23)13-14-9-11-15(12-10-14)21(24,25)26/h9-12,16H,13H2,1-8H3. The summed E-state index contributed by atoms with van der Waals surface area (Å²) >= 11 is 0. The van der Waals surface area contributed by atoms with Gasteiger partial charge in [-0.2, -0.15) is 13.2 Å². The normalized spacial score (nSPS) is 24.7. The predicted molar refractivity (Wildman–Crippen MR) is 111 cm³/mol. The van der Waals surface area contributed by atoms with E-state index in [1.165, 1.54) is 12.1 Å². The molecule has 2 heterocycles. The summed E-state index contributed by atoms with van der Waals surface area (Å²) in [5.74, 6) is 0. The van der Waals surface area contributed by atoms with E-state index in [4.69, 9.17) is 18.6 Å². The fourth-order valence-corrected chi connectivity index (χ4v) is 3.55. The van der Waals surface area contributed by atoms with Crippen molar-refractivity contribution in [3.8, 4) is 0 Å². The number of hydrogen-bond acceptors (Lipinski definition) is 4. The molecule has 0 aliphatic carbocycles. The molecule has 4 nitrogen and oxygen atoms in total. The van der Waals surface area contributed by atoms with Gasteiger partial charge in [-0.05, 0) is 79.5 Å². The lowest BCUT2D eigenvalue weighted by atomic mass is 9.49. The first-order chi connectivity index (χ1) is 13.5. The first kappa shape index (κ1) is 23.6. The molecule has 1 aromatic carbocycles. The van der Waals surface area contributed by atoms with E-state index in [0.29, 0.717) is 6.42 Å². The Balaban J connectivity index is 1.89. The average molecular weight is 426 g/mol. The molecule has 2 fully saturated rings. The number of hydrogen-bond donors (Lipinski definition) is 0. The topological polar surface area (TPSA) is 36.9 Å². The SMILES string of the molecule is CC1(C)OB(C(Cc2ccc(C(F)(F)F)cc2)B2OC(C)(C)C(C)(C)O2)OC1(C)C. The Morgan fingerprint density at radius 3 is 1.33 bits per heavy atom. The smallest absolute Gasteiger partial charge is 0.403 e. The van der Waals surface area contributed by atoms with Gasteiger partial charge in [0.25, 0.3) is 0 Å². The molecule has 0 bridgehead atoms. The minimum Gasteiger partial charge on any atom is -0.403 e. The van der Waals surface area contributed by atoms with Crippen LogP contribution in [0, 0.1) is 0 Å². The molecule has 0 unspecified atom stereocenters. The zero-order valence-corrected chi connectivity index (χ0v) is 19.0. The largest absolute Gasteiger partial charge is 0.459 e. The summed E-state index contributed by atoms with van der Waals surface area (Å²) in [6.07, 6.45) is -3.97. The molecule has 9 heteroatoms. The van der Waals surface area contributed by atoms with Crippen LogP contribution in [0.2, 0.25) is 5.72 Å². The summed E-state index contributed by atoms with van der Waals surface area (Å²) in [5, 5.41) is 0. The predicted octanol–water partition coefficient (Wildman–Crippen LogP) is 5.34. The van der Waals surface area contributed by atoms with Gasteiger partial charge in [-0.1, -0.05) is 12.1 Å². The van der Waals surface area contributed by atoms with Gasteiger partial charge in [-0.15, -0.1) is 0 Å². The number of alkyl halides is 3. The summed E-state index contributed by atoms with van der Waals surface area (Å²) in [7, 11) is -1.24. The third kappa shape index (κ3) is 4.31. The van der Waals surface area contributed by atoms with E-state index in [1.54, 1.807) is 0 Å². The summed E-state index contributed by atoms with van der Waals surface area (Å²) < 4.78 is 63.9. The van der Waals surface area contributed by atoms with Crippen LogP contribution in [0.5, 0.6) is 0 Å². The van der Waals surface area contributed by atoms with Crippen molar-refractivity contribution in [2.75, 3.05) is 0 Å². The zero-order chi connectivity index (χ0) is 22.8. The van der Waals surface area contributed by atoms with Crippen LogP contribution >= 0.6 is 0 Å². The van der Waals surface area contributed by atoms with Crippen LogP contribution in [0.1, 0.15) is 66.5 Å². The molecule has 3 rings (SSSR count). The number of rotatable bonds is 4. The lowest BCUT2D eigenvalue weighted by molar-refractivity contribution is -0.137. The molecule has 1 aromatic rings. The molecular formula is C21H31B2F3O4. The lowest BCUT2D eigenvalue weighted by Gasteiger charge is -2.32. The van der Waals surface area contributed by atoms with E-state index in [2.05, 4.69) is 0 Å². The highest BCUT2D eigenvalue weighted by molar-refractivity contribution is 6.68. The molecule has 2 aliphatic rings. The van der Waals surface area contributed by atoms with Crippen molar-refractivity contribution in [3.05, 3.63) is 35.4 Å². The Morgan fingerprint density at radius 1 is 0.700 bits per heavy atom. The van der Waals surface area contributed by atoms with E-state index in [-0.39, 0.29) is 5.72 Å². The van der Waals surface area contributed by atoms with Gasteiger partial charge in [0.1, 0.15) is 0 Å². The Kier molecular flexibility index (Phi) is 5.72. The molecule has 0 radical (unpaired) electrons. The van der Waals surface area contributed by atoms with Crippen molar-refractivity contribution in [3.63, 3.8) is 0 Å². The molecule has 30 heavy (non-hydrogen) atoms. The van der Waals surface area contributed by atoms with E-state index >= 15 is 0 Å². The monoisotopic (exact) mass is 426 g/mol. The molecule has 0 N–H and O–H groups in total. The second-order valence-electron chi connectivity index (χ2n) is 10.3. The Hall–Kier alpha value is -1.02. The van der Waals surface area contributed by atoms with Gasteiger partial charge in [0.15, 0.2) is 0 Å². The minimum absolute atomic E-state index is 0.358. The third-order valence-corrected chi connectivity index (χ3v) is 6.99. The molecule has 166 valence electrons. The molecule has 2 saturated heterocycles. The second kappa shape index (κ2) is 7.26. The van der Waals surface area contributed by atoms with Gasteiger partial charge < -0.3 is 18.6 Å². The first-order valence-electron chi connectivity index (χ1n) is 10.3. The fourth-order valence-electron chi connectivity index (χ4n) is 3.55. The molecule has 0 spiro atoms. The van der Waals surface area contributed by atoms with Crippen LogP contribution < -0.4 is 0 Å². The van der Waals surface area contributed by atoms with E-state index in [1.807, 2.05) is 55.4 Å². The van der Waals surface area contributed by atoms with Crippen LogP contribution in [0.3, 0.4) is 0 Å². The maximum absolute atomic E-state index is 12.9. The number of benzene rings is 1. The highest BCUT2D eigenvalue weighted by atomic mass is 19.4. The van der Waals surface area contributed by atoms with Gasteiger partial charge in [-0.25, -0.2) is 0 Å². The molecule has 0 atom stereocenters. The fraction of sp³-hybridized carbons (Fsp3) is 0.714. The molecule has 2 aliphatic heterocycles. The number of halogens is 3. The van der Waals surface area contributed by atoms with Gasteiger partial charge in [0, 0.05) is 5.72 Å². The van der Waals surface area contributed by atoms with Crippen LogP contribution in [0.25, 0.3) is 0 Å². The first-order valence-corrected chi connectivity index (χ1v) is 10.3. The Bertz CT molecular complexity index is 707. The summed E-state index contributed by atoms with van der Waals surface area (Å²) in [6, 6.07) is 5.18. The van der Waals surface area contributed by atoms with Gasteiger partial charge >= 0.3 is 20.4 Å². The van der Waals surface area contributed by atoms with Crippen LogP contribution in [-0.4, -0.2) is 36.6 Å². The van der Waals surface area contributed by atoms with Gasteiger partial charge in [0.2, 0.25) is 0 Å². The van der Waals surface area contributed by atoms with Gasteiger partial charge in [-0.3, -0.25) is 0 Å². The quantitative estimate of drug-likeness (QED) is 0.610. The summed E-state index contributed by atoms with van der Waals surface area (Å²) in [4.78, 5) is 0. The van der Waals surface area contributed by atoms with Crippen molar-refractivity contribution in [2.24, 2.45) is 0 Å². The molecule has 0 aromatic heterocycles. The second-order valence-corrected chi connectivity index (χ2v) is 10.3. The minimum atomic E-state index is -4.37. The maximum atomic E-state index is 12.9. The van der Waals surface area contributed by atoms with E-state index in [9.17, 15) is 13.2 Å². The van der Waals surface area contributed by atoms with Crippen molar-refractivity contribution in [1.82, 2.24) is 0 Å². The van der Waals surface area contributed by atoms with Gasteiger partial charge in [0.05, 0.1) is 28.0 Å².